The predicted octanol–water partition coefficient (Wildman–Crippen LogP) is 1.59. The van der Waals surface area contributed by atoms with Gasteiger partial charge in [0.25, 0.3) is 0 Å². The van der Waals surface area contributed by atoms with Gasteiger partial charge in [0.2, 0.25) is 5.91 Å². The summed E-state index contributed by atoms with van der Waals surface area (Å²) < 4.78 is 0. The number of nitrogens with zero attached hydrogens (tertiary/aromatic N) is 1. The second kappa shape index (κ2) is 6.06. The highest BCUT2D eigenvalue weighted by Crippen LogP contribution is 2.17. The number of carbonyl (C=O) groups excluding carboxylic acids is 1. The summed E-state index contributed by atoms with van der Waals surface area (Å²) in [6, 6.07) is 7.06. The second-order valence-corrected chi connectivity index (χ2v) is 4.06. The molecule has 1 unspecified atom stereocenters. The number of amides is 1. The fourth-order valence-corrected chi connectivity index (χ4v) is 1.38. The average Bonchev–Trinajstić information content (AvgIpc) is 2.29. The van der Waals surface area contributed by atoms with E-state index in [2.05, 4.69) is 11.9 Å². The molecule has 0 heterocycles. The molecule has 4 nitrogen and oxygen atoms in total. The van der Waals surface area contributed by atoms with E-state index in [-0.39, 0.29) is 5.91 Å². The van der Waals surface area contributed by atoms with Crippen LogP contribution in [0.1, 0.15) is 6.42 Å². The lowest BCUT2D eigenvalue weighted by Crippen LogP contribution is -2.35. The molecule has 1 atom stereocenters. The van der Waals surface area contributed by atoms with Crippen molar-refractivity contribution in [3.63, 3.8) is 0 Å². The van der Waals surface area contributed by atoms with Gasteiger partial charge in [-0.2, -0.15) is 0 Å². The van der Waals surface area contributed by atoms with Crippen molar-refractivity contribution in [2.75, 3.05) is 24.3 Å². The van der Waals surface area contributed by atoms with E-state index in [0.29, 0.717) is 6.42 Å². The molecule has 1 aromatic carbocycles. The van der Waals surface area contributed by atoms with E-state index in [0.717, 1.165) is 11.4 Å². The third-order valence-electron chi connectivity index (χ3n) is 2.39. The number of anilines is 2. The first-order chi connectivity index (χ1) is 8.04. The summed E-state index contributed by atoms with van der Waals surface area (Å²) in [7, 11) is 3.90. The summed E-state index contributed by atoms with van der Waals surface area (Å²) in [6.07, 6.45) is 2.11. The lowest BCUT2D eigenvalue weighted by atomic mass is 10.2. The summed E-state index contributed by atoms with van der Waals surface area (Å²) in [6.45, 7) is 3.56. The molecule has 0 bridgehead atoms. The van der Waals surface area contributed by atoms with Crippen LogP contribution in [-0.4, -0.2) is 26.0 Å². The van der Waals surface area contributed by atoms with Crippen molar-refractivity contribution >= 4 is 17.3 Å². The van der Waals surface area contributed by atoms with Crippen molar-refractivity contribution < 1.29 is 4.79 Å². The topological polar surface area (TPSA) is 58.4 Å². The van der Waals surface area contributed by atoms with Crippen LogP contribution in [0.5, 0.6) is 0 Å². The van der Waals surface area contributed by atoms with Crippen LogP contribution in [0.4, 0.5) is 11.4 Å². The van der Waals surface area contributed by atoms with Crippen LogP contribution >= 0.6 is 0 Å². The van der Waals surface area contributed by atoms with Gasteiger partial charge in [0.15, 0.2) is 0 Å². The van der Waals surface area contributed by atoms with Crippen LogP contribution in [0.2, 0.25) is 0 Å². The molecule has 0 fully saturated rings. The van der Waals surface area contributed by atoms with Crippen molar-refractivity contribution in [1.29, 1.82) is 0 Å². The van der Waals surface area contributed by atoms with Crippen LogP contribution in [0, 0.1) is 0 Å². The molecule has 0 spiro atoms. The van der Waals surface area contributed by atoms with Crippen LogP contribution in [0.25, 0.3) is 0 Å². The monoisotopic (exact) mass is 233 g/mol. The Morgan fingerprint density at radius 1 is 1.59 bits per heavy atom. The maximum Gasteiger partial charge on any atom is 0.241 e. The molecule has 0 saturated carbocycles. The van der Waals surface area contributed by atoms with Gasteiger partial charge in [-0.15, -0.1) is 6.58 Å². The fraction of sp³-hybridized carbons (Fsp3) is 0.308. The number of rotatable bonds is 5. The first-order valence-electron chi connectivity index (χ1n) is 5.49. The highest BCUT2D eigenvalue weighted by atomic mass is 16.2. The molecular formula is C13H19N3O. The van der Waals surface area contributed by atoms with Gasteiger partial charge in [-0.25, -0.2) is 0 Å². The van der Waals surface area contributed by atoms with Crippen LogP contribution < -0.4 is 16.0 Å². The van der Waals surface area contributed by atoms with Gasteiger partial charge in [-0.1, -0.05) is 12.1 Å². The zero-order valence-electron chi connectivity index (χ0n) is 10.3. The summed E-state index contributed by atoms with van der Waals surface area (Å²) in [5, 5.41) is 2.78. The molecule has 0 aliphatic rings. The lowest BCUT2D eigenvalue weighted by molar-refractivity contribution is -0.117. The molecule has 0 saturated heterocycles. The summed E-state index contributed by atoms with van der Waals surface area (Å²) >= 11 is 0. The first-order valence-corrected chi connectivity index (χ1v) is 5.49. The largest absolute Gasteiger partial charge is 0.378 e. The zero-order valence-corrected chi connectivity index (χ0v) is 10.3. The van der Waals surface area contributed by atoms with E-state index in [1.807, 2.05) is 43.3 Å². The number of carbonyl (C=O) groups is 1. The van der Waals surface area contributed by atoms with E-state index in [1.165, 1.54) is 0 Å². The number of benzene rings is 1. The van der Waals surface area contributed by atoms with E-state index in [1.54, 1.807) is 6.08 Å². The van der Waals surface area contributed by atoms with Crippen LogP contribution in [0.15, 0.2) is 36.9 Å². The Hall–Kier alpha value is -1.81. The fourth-order valence-electron chi connectivity index (χ4n) is 1.38. The van der Waals surface area contributed by atoms with E-state index in [9.17, 15) is 4.79 Å². The molecule has 1 rings (SSSR count). The number of nitrogens with one attached hydrogen (secondary N) is 1. The Bertz CT molecular complexity index is 401. The first kappa shape index (κ1) is 13.3. The Labute approximate surface area is 102 Å². The van der Waals surface area contributed by atoms with Gasteiger partial charge in [0.05, 0.1) is 6.04 Å². The quantitative estimate of drug-likeness (QED) is 0.759. The minimum atomic E-state index is -0.546. The van der Waals surface area contributed by atoms with Gasteiger partial charge >= 0.3 is 0 Å². The molecule has 0 aromatic heterocycles. The Morgan fingerprint density at radius 3 is 2.88 bits per heavy atom. The molecule has 0 radical (unpaired) electrons. The highest BCUT2D eigenvalue weighted by molar-refractivity contribution is 5.95. The van der Waals surface area contributed by atoms with Crippen molar-refractivity contribution in [3.05, 3.63) is 36.9 Å². The predicted molar refractivity (Wildman–Crippen MR) is 72.2 cm³/mol. The normalized spacial score (nSPS) is 11.7. The van der Waals surface area contributed by atoms with E-state index in [4.69, 9.17) is 5.73 Å². The summed E-state index contributed by atoms with van der Waals surface area (Å²) in [5.74, 6) is -0.194. The summed E-state index contributed by atoms with van der Waals surface area (Å²) in [4.78, 5) is 13.7. The number of hydrogen-bond donors (Lipinski definition) is 2. The summed E-state index contributed by atoms with van der Waals surface area (Å²) in [5.41, 5.74) is 7.46. The third-order valence-corrected chi connectivity index (χ3v) is 2.39. The third kappa shape index (κ3) is 3.92. The van der Waals surface area contributed by atoms with Crippen LogP contribution in [0.3, 0.4) is 0 Å². The number of nitrogens with two attached hydrogens (primary N) is 1. The minimum absolute atomic E-state index is 0.194. The standard InChI is InChI=1S/C13H19N3O/c1-4-6-12(14)13(17)15-10-7-5-8-11(9-10)16(2)3/h4-5,7-9,12H,1,6,14H2,2-3H3,(H,15,17). The highest BCUT2D eigenvalue weighted by Gasteiger charge is 2.11. The lowest BCUT2D eigenvalue weighted by Gasteiger charge is -2.15. The van der Waals surface area contributed by atoms with Gasteiger partial charge in [-0.05, 0) is 24.6 Å². The van der Waals surface area contributed by atoms with E-state index >= 15 is 0 Å². The second-order valence-electron chi connectivity index (χ2n) is 4.06. The van der Waals surface area contributed by atoms with Crippen molar-refractivity contribution in [2.45, 2.75) is 12.5 Å². The maximum atomic E-state index is 11.7. The maximum absolute atomic E-state index is 11.7. The Kier molecular flexibility index (Phi) is 4.72. The van der Waals surface area contributed by atoms with Crippen molar-refractivity contribution in [2.24, 2.45) is 5.73 Å². The molecule has 3 N–H and O–H groups in total. The van der Waals surface area contributed by atoms with Gasteiger partial charge in [-0.3, -0.25) is 4.79 Å². The van der Waals surface area contributed by atoms with Gasteiger partial charge in [0, 0.05) is 25.5 Å². The smallest absolute Gasteiger partial charge is 0.241 e. The average molecular weight is 233 g/mol. The molecule has 0 aliphatic carbocycles. The van der Waals surface area contributed by atoms with E-state index < -0.39 is 6.04 Å². The van der Waals surface area contributed by atoms with Gasteiger partial charge < -0.3 is 16.0 Å². The molecule has 4 heteroatoms. The molecule has 92 valence electrons. The molecule has 0 aliphatic heterocycles. The minimum Gasteiger partial charge on any atom is -0.378 e. The Balaban J connectivity index is 2.71. The Morgan fingerprint density at radius 2 is 2.29 bits per heavy atom. The van der Waals surface area contributed by atoms with Gasteiger partial charge in [0.1, 0.15) is 0 Å². The SMILES string of the molecule is C=CCC(N)C(=O)Nc1cccc(N(C)C)c1. The molecule has 17 heavy (non-hydrogen) atoms. The molecule has 1 amide bonds. The molecule has 1 aromatic rings. The van der Waals surface area contributed by atoms with Crippen molar-refractivity contribution in [1.82, 2.24) is 0 Å². The van der Waals surface area contributed by atoms with Crippen molar-refractivity contribution in [3.8, 4) is 0 Å². The molecular weight excluding hydrogens is 214 g/mol. The number of hydrogen-bond acceptors (Lipinski definition) is 3. The van der Waals surface area contributed by atoms with Crippen LogP contribution in [-0.2, 0) is 4.79 Å². The zero-order chi connectivity index (χ0) is 12.8.